The Labute approximate surface area is 156 Å². The van der Waals surface area contributed by atoms with E-state index in [2.05, 4.69) is 21.2 Å². The van der Waals surface area contributed by atoms with Crippen molar-refractivity contribution in [2.24, 2.45) is 0 Å². The third-order valence-electron chi connectivity index (χ3n) is 3.50. The fourth-order valence-electron chi connectivity index (χ4n) is 2.14. The third-order valence-corrected chi connectivity index (χ3v) is 5.84. The molecule has 0 bridgehead atoms. The number of anilines is 1. The van der Waals surface area contributed by atoms with Crippen LogP contribution in [0.3, 0.4) is 0 Å². The summed E-state index contributed by atoms with van der Waals surface area (Å²) >= 11 is 3.34. The number of sulfonamides is 1. The lowest BCUT2D eigenvalue weighted by atomic mass is 10.1. The Morgan fingerprint density at radius 3 is 2.36 bits per heavy atom. The van der Waals surface area contributed by atoms with Crippen molar-refractivity contribution in [2.75, 3.05) is 26.5 Å². The van der Waals surface area contributed by atoms with Crippen LogP contribution in [0.15, 0.2) is 51.8 Å². The quantitative estimate of drug-likeness (QED) is 0.770. The number of carbonyl (C=O) groups excluding carboxylic acids is 1. The number of methoxy groups -OCH3 is 1. The van der Waals surface area contributed by atoms with Crippen molar-refractivity contribution in [3.8, 4) is 5.75 Å². The molecule has 0 heterocycles. The molecule has 0 unspecified atom stereocenters. The lowest BCUT2D eigenvalue weighted by Gasteiger charge is -2.15. The maximum atomic E-state index is 12.3. The molecule has 0 spiro atoms. The second-order valence-electron chi connectivity index (χ2n) is 5.50. The summed E-state index contributed by atoms with van der Waals surface area (Å²) in [6, 6.07) is 11.8. The predicted molar refractivity (Wildman–Crippen MR) is 100 cm³/mol. The smallest absolute Gasteiger partial charge is 0.242 e. The summed E-state index contributed by atoms with van der Waals surface area (Å²) in [7, 11) is 0.755. The second kappa shape index (κ2) is 7.99. The van der Waals surface area contributed by atoms with Crippen molar-refractivity contribution in [1.29, 1.82) is 0 Å². The van der Waals surface area contributed by atoms with Gasteiger partial charge in [-0.05, 0) is 35.9 Å². The van der Waals surface area contributed by atoms with Crippen LogP contribution in [0.5, 0.6) is 5.75 Å². The van der Waals surface area contributed by atoms with Crippen molar-refractivity contribution in [1.82, 2.24) is 4.31 Å². The highest BCUT2D eigenvalue weighted by molar-refractivity contribution is 9.10. The Kier molecular flexibility index (Phi) is 6.21. The zero-order chi connectivity index (χ0) is 18.6. The highest BCUT2D eigenvalue weighted by Gasteiger charge is 2.19. The van der Waals surface area contributed by atoms with E-state index in [1.165, 1.54) is 39.4 Å². The number of rotatable bonds is 6. The average Bonchev–Trinajstić information content (AvgIpc) is 2.56. The molecule has 0 fully saturated rings. The molecule has 0 saturated heterocycles. The zero-order valence-corrected chi connectivity index (χ0v) is 16.5. The van der Waals surface area contributed by atoms with Crippen LogP contribution in [0.4, 0.5) is 5.69 Å². The normalized spacial score (nSPS) is 11.4. The van der Waals surface area contributed by atoms with Crippen molar-refractivity contribution >= 4 is 37.5 Å². The van der Waals surface area contributed by atoms with E-state index in [-0.39, 0.29) is 17.2 Å². The van der Waals surface area contributed by atoms with Gasteiger partial charge >= 0.3 is 0 Å². The van der Waals surface area contributed by atoms with Crippen LogP contribution < -0.4 is 10.1 Å². The van der Waals surface area contributed by atoms with Crippen LogP contribution in [0.25, 0.3) is 0 Å². The fourth-order valence-corrected chi connectivity index (χ4v) is 3.33. The summed E-state index contributed by atoms with van der Waals surface area (Å²) < 4.78 is 31.8. The van der Waals surface area contributed by atoms with E-state index in [9.17, 15) is 13.2 Å². The Morgan fingerprint density at radius 1 is 1.16 bits per heavy atom. The first-order valence-electron chi connectivity index (χ1n) is 7.39. The first-order valence-corrected chi connectivity index (χ1v) is 9.62. The van der Waals surface area contributed by atoms with Crippen LogP contribution in [-0.4, -0.2) is 39.8 Å². The maximum Gasteiger partial charge on any atom is 0.242 e. The van der Waals surface area contributed by atoms with Gasteiger partial charge in [0.1, 0.15) is 5.75 Å². The van der Waals surface area contributed by atoms with Gasteiger partial charge in [-0.25, -0.2) is 12.7 Å². The average molecular weight is 427 g/mol. The summed E-state index contributed by atoms with van der Waals surface area (Å²) in [6.45, 7) is 0. The van der Waals surface area contributed by atoms with E-state index in [0.29, 0.717) is 11.4 Å². The van der Waals surface area contributed by atoms with Gasteiger partial charge in [-0.2, -0.15) is 0 Å². The molecule has 0 aromatic heterocycles. The van der Waals surface area contributed by atoms with E-state index in [4.69, 9.17) is 4.74 Å². The lowest BCUT2D eigenvalue weighted by molar-refractivity contribution is -0.115. The first kappa shape index (κ1) is 19.4. The summed E-state index contributed by atoms with van der Waals surface area (Å²) in [5.41, 5.74) is 1.16. The van der Waals surface area contributed by atoms with E-state index in [1.54, 1.807) is 0 Å². The topological polar surface area (TPSA) is 75.7 Å². The third kappa shape index (κ3) is 4.81. The molecule has 1 N–H and O–H groups in total. The number of nitrogens with one attached hydrogen (secondary N) is 1. The maximum absolute atomic E-state index is 12.3. The number of benzene rings is 2. The van der Waals surface area contributed by atoms with Crippen molar-refractivity contribution in [3.63, 3.8) is 0 Å². The Bertz CT molecular complexity index is 865. The largest absolute Gasteiger partial charge is 0.495 e. The molecular weight excluding hydrogens is 408 g/mol. The number of ether oxygens (including phenoxy) is 1. The highest BCUT2D eigenvalue weighted by atomic mass is 79.9. The Hall–Kier alpha value is -1.90. The standard InChI is InChI=1S/C17H19BrN2O4S/c1-20(2)25(22,23)14-8-9-16(24-3)15(11-14)19-17(21)10-12-4-6-13(18)7-5-12/h4-9,11H,10H2,1-3H3,(H,19,21). The van der Waals surface area contributed by atoms with Crippen LogP contribution in [0.2, 0.25) is 0 Å². The lowest BCUT2D eigenvalue weighted by Crippen LogP contribution is -2.22. The summed E-state index contributed by atoms with van der Waals surface area (Å²) in [5.74, 6) is 0.127. The SMILES string of the molecule is COc1ccc(S(=O)(=O)N(C)C)cc1NC(=O)Cc1ccc(Br)cc1. The van der Waals surface area contributed by atoms with Crippen LogP contribution in [-0.2, 0) is 21.2 Å². The van der Waals surface area contributed by atoms with Crippen molar-refractivity contribution in [3.05, 3.63) is 52.5 Å². The summed E-state index contributed by atoms with van der Waals surface area (Å²) in [4.78, 5) is 12.4. The monoisotopic (exact) mass is 426 g/mol. The molecule has 6 nitrogen and oxygen atoms in total. The van der Waals surface area contributed by atoms with E-state index >= 15 is 0 Å². The number of hydrogen-bond donors (Lipinski definition) is 1. The van der Waals surface area contributed by atoms with Gasteiger partial charge < -0.3 is 10.1 Å². The molecule has 8 heteroatoms. The zero-order valence-electron chi connectivity index (χ0n) is 14.1. The molecule has 134 valence electrons. The molecular formula is C17H19BrN2O4S. The fraction of sp³-hybridized carbons (Fsp3) is 0.235. The molecule has 25 heavy (non-hydrogen) atoms. The summed E-state index contributed by atoms with van der Waals surface area (Å²) in [5, 5.41) is 2.72. The molecule has 0 saturated carbocycles. The Balaban J connectivity index is 2.25. The first-order chi connectivity index (χ1) is 11.7. The van der Waals surface area contributed by atoms with Crippen LogP contribution in [0.1, 0.15) is 5.56 Å². The molecule has 0 atom stereocenters. The molecule has 0 aliphatic rings. The minimum Gasteiger partial charge on any atom is -0.495 e. The van der Waals surface area contributed by atoms with Crippen molar-refractivity contribution in [2.45, 2.75) is 11.3 Å². The number of halogens is 1. The van der Waals surface area contributed by atoms with Gasteiger partial charge in [0.25, 0.3) is 0 Å². The molecule has 2 aromatic carbocycles. The molecule has 0 aliphatic heterocycles. The van der Waals surface area contributed by atoms with Crippen LogP contribution in [0, 0.1) is 0 Å². The van der Waals surface area contributed by atoms with E-state index < -0.39 is 10.0 Å². The van der Waals surface area contributed by atoms with Gasteiger partial charge in [0, 0.05) is 18.6 Å². The van der Waals surface area contributed by atoms with Gasteiger partial charge in [0.05, 0.1) is 24.1 Å². The van der Waals surface area contributed by atoms with Crippen LogP contribution >= 0.6 is 15.9 Å². The van der Waals surface area contributed by atoms with E-state index in [0.717, 1.165) is 14.3 Å². The number of carbonyl (C=O) groups is 1. The highest BCUT2D eigenvalue weighted by Crippen LogP contribution is 2.28. The minimum atomic E-state index is -3.60. The van der Waals surface area contributed by atoms with E-state index in [1.807, 2.05) is 24.3 Å². The van der Waals surface area contributed by atoms with Gasteiger partial charge in [-0.1, -0.05) is 28.1 Å². The number of amides is 1. The van der Waals surface area contributed by atoms with Gasteiger partial charge in [0.15, 0.2) is 0 Å². The molecule has 2 aromatic rings. The second-order valence-corrected chi connectivity index (χ2v) is 8.57. The molecule has 1 amide bonds. The van der Waals surface area contributed by atoms with Gasteiger partial charge in [-0.3, -0.25) is 4.79 Å². The number of hydrogen-bond acceptors (Lipinski definition) is 4. The molecule has 0 aliphatic carbocycles. The van der Waals surface area contributed by atoms with Gasteiger partial charge in [-0.15, -0.1) is 0 Å². The van der Waals surface area contributed by atoms with Gasteiger partial charge in [0.2, 0.25) is 15.9 Å². The molecule has 0 radical (unpaired) electrons. The molecule has 2 rings (SSSR count). The van der Waals surface area contributed by atoms with Crippen molar-refractivity contribution < 1.29 is 17.9 Å². The number of nitrogens with zero attached hydrogens (tertiary/aromatic N) is 1. The predicted octanol–water partition coefficient (Wildman–Crippen LogP) is 2.89. The Morgan fingerprint density at radius 2 is 1.80 bits per heavy atom. The minimum absolute atomic E-state index is 0.0808. The summed E-state index contributed by atoms with van der Waals surface area (Å²) in [6.07, 6.45) is 0.168.